The third-order valence-corrected chi connectivity index (χ3v) is 4.74. The first kappa shape index (κ1) is 16.1. The molecule has 0 fully saturated rings. The molecule has 8 nitrogen and oxygen atoms in total. The lowest BCUT2D eigenvalue weighted by Crippen LogP contribution is -2.25. The van der Waals surface area contributed by atoms with Gasteiger partial charge in [0.15, 0.2) is 5.82 Å². The van der Waals surface area contributed by atoms with E-state index in [9.17, 15) is 8.42 Å². The van der Waals surface area contributed by atoms with E-state index in [0.717, 1.165) is 5.69 Å². The predicted octanol–water partition coefficient (Wildman–Crippen LogP) is 1.15. The standard InChI is InChI=1S/C15H15N5O3S/c1-23-13-7-9-14(10-8-13)24(21,22)16-11-15-17-18-19-20(15)12-5-3-2-4-6-12/h2-10,16H,11H2,1H3. The van der Waals surface area contributed by atoms with Gasteiger partial charge in [0, 0.05) is 0 Å². The van der Waals surface area contributed by atoms with Crippen molar-refractivity contribution < 1.29 is 13.2 Å². The Morgan fingerprint density at radius 1 is 1.08 bits per heavy atom. The zero-order chi connectivity index (χ0) is 17.0. The summed E-state index contributed by atoms with van der Waals surface area (Å²) in [5.74, 6) is 0.972. The molecule has 0 saturated carbocycles. The summed E-state index contributed by atoms with van der Waals surface area (Å²) in [4.78, 5) is 0.141. The quantitative estimate of drug-likeness (QED) is 0.719. The Morgan fingerprint density at radius 2 is 1.79 bits per heavy atom. The van der Waals surface area contributed by atoms with Crippen molar-refractivity contribution in [3.63, 3.8) is 0 Å². The van der Waals surface area contributed by atoms with Gasteiger partial charge in [0.2, 0.25) is 10.0 Å². The summed E-state index contributed by atoms with van der Waals surface area (Å²) in [5, 5.41) is 11.4. The summed E-state index contributed by atoms with van der Waals surface area (Å²) in [5.41, 5.74) is 0.751. The Kier molecular flexibility index (Phi) is 4.54. The highest BCUT2D eigenvalue weighted by Gasteiger charge is 2.16. The minimum atomic E-state index is -3.67. The van der Waals surface area contributed by atoms with E-state index in [1.807, 2.05) is 30.3 Å². The van der Waals surface area contributed by atoms with E-state index in [2.05, 4.69) is 20.2 Å². The number of benzene rings is 2. The lowest BCUT2D eigenvalue weighted by atomic mass is 10.3. The summed E-state index contributed by atoms with van der Waals surface area (Å²) < 4.78 is 33.7. The van der Waals surface area contributed by atoms with E-state index < -0.39 is 10.0 Å². The molecular weight excluding hydrogens is 330 g/mol. The normalized spacial score (nSPS) is 11.4. The van der Waals surface area contributed by atoms with E-state index in [-0.39, 0.29) is 11.4 Å². The molecule has 1 heterocycles. The molecule has 0 aliphatic carbocycles. The fraction of sp³-hybridized carbons (Fsp3) is 0.133. The second-order valence-electron chi connectivity index (χ2n) is 4.84. The molecule has 9 heteroatoms. The Balaban J connectivity index is 1.77. The number of methoxy groups -OCH3 is 1. The Morgan fingerprint density at radius 3 is 2.46 bits per heavy atom. The lowest BCUT2D eigenvalue weighted by Gasteiger charge is -2.08. The third-order valence-electron chi connectivity index (χ3n) is 3.32. The fourth-order valence-electron chi connectivity index (χ4n) is 2.08. The van der Waals surface area contributed by atoms with Crippen LogP contribution in [-0.2, 0) is 16.6 Å². The van der Waals surface area contributed by atoms with Crippen molar-refractivity contribution in [3.8, 4) is 11.4 Å². The Hall–Kier alpha value is -2.78. The molecule has 2 aromatic carbocycles. The summed E-state index contributed by atoms with van der Waals surface area (Å²) >= 11 is 0. The van der Waals surface area contributed by atoms with Gasteiger partial charge in [0.25, 0.3) is 0 Å². The number of ether oxygens (including phenoxy) is 1. The first-order chi connectivity index (χ1) is 11.6. The maximum Gasteiger partial charge on any atom is 0.240 e. The highest BCUT2D eigenvalue weighted by atomic mass is 32.2. The number of hydrogen-bond acceptors (Lipinski definition) is 6. The Labute approximate surface area is 139 Å². The van der Waals surface area contributed by atoms with Gasteiger partial charge < -0.3 is 4.74 Å². The highest BCUT2D eigenvalue weighted by molar-refractivity contribution is 7.89. The molecule has 1 aromatic heterocycles. The monoisotopic (exact) mass is 345 g/mol. The second-order valence-corrected chi connectivity index (χ2v) is 6.61. The summed E-state index contributed by atoms with van der Waals surface area (Å²) in [6.45, 7) is -0.0315. The Bertz CT molecular complexity index is 908. The van der Waals surface area contributed by atoms with Gasteiger partial charge in [0.1, 0.15) is 5.75 Å². The fourth-order valence-corrected chi connectivity index (χ4v) is 3.06. The van der Waals surface area contributed by atoms with Crippen LogP contribution in [0.1, 0.15) is 5.82 Å². The number of rotatable bonds is 6. The molecule has 0 aliphatic heterocycles. The summed E-state index contributed by atoms with van der Waals surface area (Å²) in [7, 11) is -2.16. The number of para-hydroxylation sites is 1. The third kappa shape index (κ3) is 3.42. The first-order valence-corrected chi connectivity index (χ1v) is 8.55. The molecule has 0 unspecified atom stereocenters. The lowest BCUT2D eigenvalue weighted by molar-refractivity contribution is 0.414. The van der Waals surface area contributed by atoms with E-state index in [0.29, 0.717) is 11.6 Å². The molecular formula is C15H15N5O3S. The maximum absolute atomic E-state index is 12.3. The van der Waals surface area contributed by atoms with Crippen LogP contribution in [0.25, 0.3) is 5.69 Å². The molecule has 0 saturated heterocycles. The van der Waals surface area contributed by atoms with Gasteiger partial charge in [0.05, 0.1) is 24.2 Å². The molecule has 3 aromatic rings. The number of nitrogens with zero attached hydrogens (tertiary/aromatic N) is 4. The molecule has 0 aliphatic rings. The zero-order valence-corrected chi connectivity index (χ0v) is 13.6. The SMILES string of the molecule is COc1ccc(S(=O)(=O)NCc2nnnn2-c2ccccc2)cc1. The van der Waals surface area contributed by atoms with Crippen molar-refractivity contribution in [1.29, 1.82) is 0 Å². The van der Waals surface area contributed by atoms with Crippen LogP contribution >= 0.6 is 0 Å². The van der Waals surface area contributed by atoms with Crippen molar-refractivity contribution in [2.24, 2.45) is 0 Å². The van der Waals surface area contributed by atoms with Crippen molar-refractivity contribution in [2.75, 3.05) is 7.11 Å². The summed E-state index contributed by atoms with van der Waals surface area (Å²) in [6.07, 6.45) is 0. The minimum Gasteiger partial charge on any atom is -0.497 e. The smallest absolute Gasteiger partial charge is 0.240 e. The number of tetrazole rings is 1. The number of hydrogen-bond donors (Lipinski definition) is 1. The van der Waals surface area contributed by atoms with Gasteiger partial charge in [-0.2, -0.15) is 4.68 Å². The van der Waals surface area contributed by atoms with E-state index in [1.165, 1.54) is 23.9 Å². The van der Waals surface area contributed by atoms with Gasteiger partial charge >= 0.3 is 0 Å². The molecule has 0 radical (unpaired) electrons. The molecule has 3 rings (SSSR count). The molecule has 1 N–H and O–H groups in total. The van der Waals surface area contributed by atoms with E-state index in [4.69, 9.17) is 4.74 Å². The molecule has 0 amide bonds. The van der Waals surface area contributed by atoms with Crippen LogP contribution in [0.2, 0.25) is 0 Å². The zero-order valence-electron chi connectivity index (χ0n) is 12.8. The van der Waals surface area contributed by atoms with Crippen LogP contribution in [0.4, 0.5) is 0 Å². The summed E-state index contributed by atoms with van der Waals surface area (Å²) in [6, 6.07) is 15.4. The first-order valence-electron chi connectivity index (χ1n) is 7.06. The van der Waals surface area contributed by atoms with Crippen molar-refractivity contribution >= 4 is 10.0 Å². The average molecular weight is 345 g/mol. The topological polar surface area (TPSA) is 99.0 Å². The molecule has 24 heavy (non-hydrogen) atoms. The van der Waals surface area contributed by atoms with E-state index >= 15 is 0 Å². The van der Waals surface area contributed by atoms with Crippen LogP contribution in [-0.4, -0.2) is 35.7 Å². The largest absolute Gasteiger partial charge is 0.497 e. The van der Waals surface area contributed by atoms with Crippen molar-refractivity contribution in [1.82, 2.24) is 24.9 Å². The molecule has 0 spiro atoms. The van der Waals surface area contributed by atoms with Crippen LogP contribution in [0.3, 0.4) is 0 Å². The van der Waals surface area contributed by atoms with E-state index in [1.54, 1.807) is 12.1 Å². The van der Waals surface area contributed by atoms with Gasteiger partial charge in [-0.15, -0.1) is 5.10 Å². The van der Waals surface area contributed by atoms with Crippen LogP contribution in [0, 0.1) is 0 Å². The number of aromatic nitrogens is 4. The van der Waals surface area contributed by atoms with Gasteiger partial charge in [-0.25, -0.2) is 13.1 Å². The predicted molar refractivity (Wildman–Crippen MR) is 86.2 cm³/mol. The second kappa shape index (κ2) is 6.77. The molecule has 0 atom stereocenters. The minimum absolute atomic E-state index is 0.0315. The molecule has 124 valence electrons. The van der Waals surface area contributed by atoms with Gasteiger partial charge in [-0.1, -0.05) is 18.2 Å². The van der Waals surface area contributed by atoms with Gasteiger partial charge in [-0.05, 0) is 46.8 Å². The van der Waals surface area contributed by atoms with Crippen LogP contribution in [0.15, 0.2) is 59.5 Å². The van der Waals surface area contributed by atoms with Crippen LogP contribution in [0.5, 0.6) is 5.75 Å². The van der Waals surface area contributed by atoms with Crippen molar-refractivity contribution in [2.45, 2.75) is 11.4 Å². The van der Waals surface area contributed by atoms with Crippen molar-refractivity contribution in [3.05, 3.63) is 60.4 Å². The molecule has 0 bridgehead atoms. The highest BCUT2D eigenvalue weighted by Crippen LogP contribution is 2.15. The number of nitrogens with one attached hydrogen (secondary N) is 1. The van der Waals surface area contributed by atoms with Crippen LogP contribution < -0.4 is 9.46 Å². The maximum atomic E-state index is 12.3. The van der Waals surface area contributed by atoms with Gasteiger partial charge in [-0.3, -0.25) is 0 Å². The number of sulfonamides is 1. The average Bonchev–Trinajstić information content (AvgIpc) is 3.09.